The summed E-state index contributed by atoms with van der Waals surface area (Å²) >= 11 is 0. The van der Waals surface area contributed by atoms with E-state index in [4.69, 9.17) is 0 Å². The minimum atomic E-state index is -1.23. The van der Waals surface area contributed by atoms with Crippen LogP contribution in [0.5, 0.6) is 0 Å². The fraction of sp³-hybridized carbons (Fsp3) is 0. The van der Waals surface area contributed by atoms with Crippen molar-refractivity contribution in [2.45, 2.75) is 0 Å². The maximum absolute atomic E-state index is 12.4. The van der Waals surface area contributed by atoms with Gasteiger partial charge in [-0.2, -0.15) is 0 Å². The third-order valence-corrected chi connectivity index (χ3v) is 8.61. The topological polar surface area (TPSA) is 81.1 Å². The van der Waals surface area contributed by atoms with Gasteiger partial charge in [-0.25, -0.2) is 9.59 Å². The molecule has 7 aromatic carbocycles. The minimum absolute atomic E-state index is 0.0796. The Morgan fingerprint density at radius 2 is 0.611 bits per heavy atom. The summed E-state index contributed by atoms with van der Waals surface area (Å²) in [6.07, 6.45) is 0. The van der Waals surface area contributed by atoms with Crippen molar-refractivity contribution in [3.8, 4) is 23.7 Å². The minimum Gasteiger partial charge on any atom is -0.478 e. The third kappa shape index (κ3) is 7.90. The number of anilines is 6. The van der Waals surface area contributed by atoms with Crippen LogP contribution in [0.15, 0.2) is 182 Å². The number of hydrogen-bond acceptors (Lipinski definition) is 4. The molecule has 0 aliphatic carbocycles. The number of carboxylic acids is 2. The highest BCUT2D eigenvalue weighted by Gasteiger charge is 2.18. The summed E-state index contributed by atoms with van der Waals surface area (Å²) in [6.45, 7) is 0. The van der Waals surface area contributed by atoms with E-state index >= 15 is 0 Å². The van der Waals surface area contributed by atoms with Gasteiger partial charge in [0.15, 0.2) is 0 Å². The first kappa shape index (κ1) is 34.6. The molecule has 0 aromatic heterocycles. The Kier molecular flexibility index (Phi) is 10.3. The summed E-state index contributed by atoms with van der Waals surface area (Å²) in [5.74, 6) is 9.37. The van der Waals surface area contributed by atoms with Crippen molar-refractivity contribution in [1.82, 2.24) is 0 Å². The second-order valence-electron chi connectivity index (χ2n) is 12.2. The Hall–Kier alpha value is -7.80. The normalized spacial score (nSPS) is 10.2. The average molecular weight is 701 g/mol. The number of carbonyl (C=O) groups is 2. The van der Waals surface area contributed by atoms with E-state index in [9.17, 15) is 19.8 Å². The zero-order chi connectivity index (χ0) is 37.3. The lowest BCUT2D eigenvalue weighted by molar-refractivity contribution is 0.0680. The van der Waals surface area contributed by atoms with Gasteiger partial charge >= 0.3 is 11.9 Å². The quantitative estimate of drug-likeness (QED) is 0.154. The van der Waals surface area contributed by atoms with Crippen molar-refractivity contribution >= 4 is 46.1 Å². The average Bonchev–Trinajstić information content (AvgIpc) is 3.22. The summed E-state index contributed by atoms with van der Waals surface area (Å²) in [5.41, 5.74) is 6.97. The molecule has 6 nitrogen and oxygen atoms in total. The molecule has 0 aliphatic heterocycles. The molecule has 0 unspecified atom stereocenters. The fourth-order valence-corrected chi connectivity index (χ4v) is 6.03. The first-order chi connectivity index (χ1) is 26.4. The number of rotatable bonds is 8. The number of benzene rings is 7. The van der Waals surface area contributed by atoms with Crippen LogP contribution in [-0.4, -0.2) is 22.2 Å². The molecule has 7 aromatic rings. The lowest BCUT2D eigenvalue weighted by atomic mass is 9.98. The van der Waals surface area contributed by atoms with Crippen LogP contribution >= 0.6 is 0 Å². The number of carboxylic acid groups (broad SMARTS) is 2. The highest BCUT2D eigenvalue weighted by atomic mass is 16.4. The fourth-order valence-electron chi connectivity index (χ4n) is 6.03. The second-order valence-corrected chi connectivity index (χ2v) is 12.2. The van der Waals surface area contributed by atoms with E-state index < -0.39 is 11.9 Å². The van der Waals surface area contributed by atoms with Crippen LogP contribution < -0.4 is 9.80 Å². The second kappa shape index (κ2) is 16.0. The smallest absolute Gasteiger partial charge is 0.337 e. The van der Waals surface area contributed by atoms with Crippen molar-refractivity contribution in [3.63, 3.8) is 0 Å². The van der Waals surface area contributed by atoms with Gasteiger partial charge in [0.2, 0.25) is 0 Å². The molecule has 0 saturated carbocycles. The van der Waals surface area contributed by atoms with E-state index in [0.717, 1.165) is 34.1 Å². The first-order valence-electron chi connectivity index (χ1n) is 17.1. The third-order valence-electron chi connectivity index (χ3n) is 8.61. The molecule has 0 radical (unpaired) electrons. The molecule has 0 bridgehead atoms. The number of aromatic carboxylic acids is 2. The van der Waals surface area contributed by atoms with Gasteiger partial charge in [0.1, 0.15) is 0 Å². The Bertz CT molecular complexity index is 2270. The zero-order valence-electron chi connectivity index (χ0n) is 28.9. The Balaban J connectivity index is 1.17. The maximum atomic E-state index is 12.4. The lowest BCUT2D eigenvalue weighted by Crippen LogP contribution is -2.09. The number of hydrogen-bond donors (Lipinski definition) is 2. The van der Waals surface area contributed by atoms with Crippen LogP contribution in [0.2, 0.25) is 0 Å². The van der Waals surface area contributed by atoms with Crippen molar-refractivity contribution in [2.24, 2.45) is 0 Å². The molecule has 6 heteroatoms. The molecule has 0 aliphatic rings. The molecule has 2 N–H and O–H groups in total. The van der Waals surface area contributed by atoms with E-state index in [0.29, 0.717) is 11.1 Å². The zero-order valence-corrected chi connectivity index (χ0v) is 28.9. The Morgan fingerprint density at radius 3 is 0.870 bits per heavy atom. The van der Waals surface area contributed by atoms with E-state index in [1.807, 2.05) is 170 Å². The largest absolute Gasteiger partial charge is 0.478 e. The highest BCUT2D eigenvalue weighted by Crippen LogP contribution is 2.35. The van der Waals surface area contributed by atoms with Crippen LogP contribution in [0.25, 0.3) is 0 Å². The molecule has 0 spiro atoms. The molecule has 0 atom stereocenters. The van der Waals surface area contributed by atoms with Gasteiger partial charge in [-0.05, 0) is 109 Å². The van der Waals surface area contributed by atoms with Crippen LogP contribution in [0.1, 0.15) is 43.0 Å². The van der Waals surface area contributed by atoms with Crippen LogP contribution in [-0.2, 0) is 0 Å². The summed E-state index contributed by atoms with van der Waals surface area (Å²) in [4.78, 5) is 29.0. The van der Waals surface area contributed by atoms with Crippen LogP contribution in [0.4, 0.5) is 34.1 Å². The van der Waals surface area contributed by atoms with Crippen LogP contribution in [0.3, 0.4) is 0 Å². The van der Waals surface area contributed by atoms with Gasteiger partial charge in [-0.1, -0.05) is 96.5 Å². The Labute approximate surface area is 313 Å². The molecule has 258 valence electrons. The summed E-state index contributed by atoms with van der Waals surface area (Å²) in [5, 5.41) is 20.2. The molecule has 54 heavy (non-hydrogen) atoms. The van der Waals surface area contributed by atoms with E-state index in [-0.39, 0.29) is 22.3 Å². The standard InChI is InChI=1S/C48H32N2O4/c51-47(52)45-34-38(28-22-36-25-31-44(32-26-36)50(41-17-9-3-10-18-41)42-19-11-4-12-20-42)46(48(53)54)33-37(45)27-21-35-23-29-43(30-24-35)49(39-13-5-1-6-14-39)40-15-7-2-8-16-40/h1-20,23-26,29-34H,(H,51,52)(H,53,54). The first-order valence-corrected chi connectivity index (χ1v) is 17.1. The highest BCUT2D eigenvalue weighted by molar-refractivity contribution is 5.97. The van der Waals surface area contributed by atoms with Gasteiger partial charge in [-0.3, -0.25) is 0 Å². The van der Waals surface area contributed by atoms with Gasteiger partial charge in [-0.15, -0.1) is 0 Å². The number of para-hydroxylation sites is 4. The van der Waals surface area contributed by atoms with Gasteiger partial charge in [0.05, 0.1) is 11.1 Å². The number of nitrogens with zero attached hydrogens (tertiary/aromatic N) is 2. The summed E-state index contributed by atoms with van der Waals surface area (Å²) in [6, 6.07) is 57.7. The molecular weight excluding hydrogens is 669 g/mol. The van der Waals surface area contributed by atoms with Crippen molar-refractivity contribution in [2.75, 3.05) is 9.80 Å². The summed E-state index contributed by atoms with van der Waals surface area (Å²) in [7, 11) is 0. The molecule has 0 fully saturated rings. The van der Waals surface area contributed by atoms with Gasteiger partial charge < -0.3 is 20.0 Å². The van der Waals surface area contributed by atoms with Crippen molar-refractivity contribution < 1.29 is 19.8 Å². The molecule has 0 heterocycles. The van der Waals surface area contributed by atoms with Crippen molar-refractivity contribution in [3.05, 3.63) is 215 Å². The van der Waals surface area contributed by atoms with E-state index in [2.05, 4.69) is 33.5 Å². The molecule has 7 rings (SSSR count). The predicted octanol–water partition coefficient (Wildman–Crippen LogP) is 10.8. The van der Waals surface area contributed by atoms with E-state index in [1.54, 1.807) is 0 Å². The molecule has 0 saturated heterocycles. The SMILES string of the molecule is O=C(O)c1cc(C#Cc2ccc(N(c3ccccc3)c3ccccc3)cc2)c(C(=O)O)cc1C#Cc1ccc(N(c2ccccc2)c2ccccc2)cc1. The maximum Gasteiger partial charge on any atom is 0.337 e. The van der Waals surface area contributed by atoms with Crippen LogP contribution in [0, 0.1) is 23.7 Å². The van der Waals surface area contributed by atoms with Gasteiger partial charge in [0.25, 0.3) is 0 Å². The van der Waals surface area contributed by atoms with Crippen molar-refractivity contribution in [1.29, 1.82) is 0 Å². The monoisotopic (exact) mass is 700 g/mol. The predicted molar refractivity (Wildman–Crippen MR) is 215 cm³/mol. The molecule has 0 amide bonds. The van der Waals surface area contributed by atoms with Gasteiger partial charge in [0, 0.05) is 56.4 Å². The molecular formula is C48H32N2O4. The Morgan fingerprint density at radius 1 is 0.352 bits per heavy atom. The van der Waals surface area contributed by atoms with E-state index in [1.165, 1.54) is 12.1 Å². The lowest BCUT2D eigenvalue weighted by Gasteiger charge is -2.25. The summed E-state index contributed by atoms with van der Waals surface area (Å²) < 4.78 is 0.